The molecular formula is C24H32N6O5. The van der Waals surface area contributed by atoms with Crippen molar-refractivity contribution in [3.63, 3.8) is 0 Å². The SMILES string of the molecule is CC(C)Cn1c(=O)c(C(=O)NC2CC2)c(O)n2ncc(C=CC(=O)N3CCCC3C(=O)N(C)C)c12. The average Bonchev–Trinajstić information content (AvgIpc) is 3.30. The predicted octanol–water partition coefficient (Wildman–Crippen LogP) is 0.842. The van der Waals surface area contributed by atoms with Crippen molar-refractivity contribution >= 4 is 29.4 Å². The van der Waals surface area contributed by atoms with Crippen LogP contribution in [-0.4, -0.2) is 79.5 Å². The number of fused-ring (bicyclic) bond motifs is 1. The van der Waals surface area contributed by atoms with Crippen LogP contribution in [0.25, 0.3) is 11.7 Å². The van der Waals surface area contributed by atoms with E-state index in [1.54, 1.807) is 19.0 Å². The van der Waals surface area contributed by atoms with Crippen LogP contribution in [0.4, 0.5) is 0 Å². The molecule has 0 bridgehead atoms. The fourth-order valence-corrected chi connectivity index (χ4v) is 4.39. The molecule has 2 aliphatic rings. The highest BCUT2D eigenvalue weighted by Crippen LogP contribution is 2.24. The van der Waals surface area contributed by atoms with Crippen molar-refractivity contribution in [2.75, 3.05) is 20.6 Å². The quantitative estimate of drug-likeness (QED) is 0.561. The van der Waals surface area contributed by atoms with Crippen LogP contribution < -0.4 is 10.9 Å². The van der Waals surface area contributed by atoms with E-state index in [-0.39, 0.29) is 35.0 Å². The zero-order chi connectivity index (χ0) is 25.4. The monoisotopic (exact) mass is 484 g/mol. The molecule has 35 heavy (non-hydrogen) atoms. The van der Waals surface area contributed by atoms with Gasteiger partial charge in [-0.2, -0.15) is 9.61 Å². The first-order valence-corrected chi connectivity index (χ1v) is 11.9. The molecule has 2 N–H and O–H groups in total. The lowest BCUT2D eigenvalue weighted by atomic mass is 10.2. The maximum absolute atomic E-state index is 13.3. The molecule has 0 radical (unpaired) electrons. The first kappa shape index (κ1) is 24.5. The second-order valence-electron chi connectivity index (χ2n) is 9.85. The van der Waals surface area contributed by atoms with Crippen LogP contribution in [0.3, 0.4) is 0 Å². The van der Waals surface area contributed by atoms with E-state index >= 15 is 0 Å². The van der Waals surface area contributed by atoms with E-state index in [1.807, 2.05) is 13.8 Å². The Kier molecular flexibility index (Phi) is 6.68. The summed E-state index contributed by atoms with van der Waals surface area (Å²) >= 11 is 0. The molecule has 1 saturated carbocycles. The van der Waals surface area contributed by atoms with Crippen LogP contribution in [0.2, 0.25) is 0 Å². The van der Waals surface area contributed by atoms with Gasteiger partial charge in [-0.3, -0.25) is 23.7 Å². The molecule has 0 spiro atoms. The summed E-state index contributed by atoms with van der Waals surface area (Å²) < 4.78 is 2.57. The van der Waals surface area contributed by atoms with Crippen molar-refractivity contribution in [2.24, 2.45) is 5.92 Å². The zero-order valence-corrected chi connectivity index (χ0v) is 20.5. The Bertz CT molecular complexity index is 1250. The molecule has 2 aromatic rings. The molecule has 11 heteroatoms. The highest BCUT2D eigenvalue weighted by molar-refractivity contribution is 5.98. The molecule has 1 aliphatic heterocycles. The Morgan fingerprint density at radius 2 is 1.97 bits per heavy atom. The van der Waals surface area contributed by atoms with Crippen LogP contribution in [0, 0.1) is 5.92 Å². The predicted molar refractivity (Wildman–Crippen MR) is 129 cm³/mol. The number of carbonyl (C=O) groups excluding carboxylic acids is 3. The fourth-order valence-electron chi connectivity index (χ4n) is 4.39. The molecule has 1 unspecified atom stereocenters. The van der Waals surface area contributed by atoms with Gasteiger partial charge in [-0.25, -0.2) is 0 Å². The van der Waals surface area contributed by atoms with Crippen molar-refractivity contribution < 1.29 is 19.5 Å². The number of amides is 3. The highest BCUT2D eigenvalue weighted by Gasteiger charge is 2.34. The van der Waals surface area contributed by atoms with Crippen LogP contribution in [0.1, 0.15) is 55.5 Å². The van der Waals surface area contributed by atoms with Gasteiger partial charge in [0, 0.05) is 44.9 Å². The number of rotatable bonds is 7. The summed E-state index contributed by atoms with van der Waals surface area (Å²) in [5, 5.41) is 17.7. The van der Waals surface area contributed by atoms with Crippen LogP contribution >= 0.6 is 0 Å². The van der Waals surface area contributed by atoms with Gasteiger partial charge in [0.1, 0.15) is 11.7 Å². The molecule has 3 heterocycles. The molecule has 2 fully saturated rings. The molecule has 188 valence electrons. The normalized spacial score (nSPS) is 18.1. The lowest BCUT2D eigenvalue weighted by molar-refractivity contribution is -0.139. The highest BCUT2D eigenvalue weighted by atomic mass is 16.3. The molecule has 2 aromatic heterocycles. The van der Waals surface area contributed by atoms with E-state index in [0.29, 0.717) is 25.1 Å². The Hall–Kier alpha value is -3.63. The van der Waals surface area contributed by atoms with Crippen molar-refractivity contribution in [3.05, 3.63) is 33.8 Å². The molecule has 4 rings (SSSR count). The Morgan fingerprint density at radius 1 is 1.26 bits per heavy atom. The smallest absolute Gasteiger partial charge is 0.270 e. The minimum Gasteiger partial charge on any atom is -0.492 e. The molecule has 3 amide bonds. The fraction of sp³-hybridized carbons (Fsp3) is 0.542. The van der Waals surface area contributed by atoms with Gasteiger partial charge in [-0.05, 0) is 37.7 Å². The van der Waals surface area contributed by atoms with Gasteiger partial charge in [-0.1, -0.05) is 13.8 Å². The Labute approximate surface area is 203 Å². The summed E-state index contributed by atoms with van der Waals surface area (Å²) in [5.74, 6) is -1.53. The van der Waals surface area contributed by atoms with E-state index in [9.17, 15) is 24.3 Å². The number of hydrogen-bond donors (Lipinski definition) is 2. The average molecular weight is 485 g/mol. The largest absolute Gasteiger partial charge is 0.492 e. The van der Waals surface area contributed by atoms with E-state index in [0.717, 1.165) is 23.8 Å². The maximum atomic E-state index is 13.3. The molecule has 0 aromatic carbocycles. The number of carbonyl (C=O) groups is 3. The van der Waals surface area contributed by atoms with E-state index in [4.69, 9.17) is 0 Å². The van der Waals surface area contributed by atoms with Crippen molar-refractivity contribution in [1.29, 1.82) is 0 Å². The molecule has 1 aliphatic carbocycles. The van der Waals surface area contributed by atoms with Gasteiger partial charge in [0.2, 0.25) is 17.7 Å². The molecular weight excluding hydrogens is 452 g/mol. The zero-order valence-electron chi connectivity index (χ0n) is 20.5. The third kappa shape index (κ3) is 4.80. The molecule has 1 saturated heterocycles. The lowest BCUT2D eigenvalue weighted by Gasteiger charge is -2.25. The number of aromatic nitrogens is 3. The van der Waals surface area contributed by atoms with Crippen molar-refractivity contribution in [2.45, 2.75) is 58.2 Å². The van der Waals surface area contributed by atoms with Crippen LogP contribution in [0.15, 0.2) is 17.1 Å². The second-order valence-corrected chi connectivity index (χ2v) is 9.85. The Morgan fingerprint density at radius 3 is 2.60 bits per heavy atom. The minimum atomic E-state index is -0.622. The third-order valence-electron chi connectivity index (χ3n) is 6.26. The third-order valence-corrected chi connectivity index (χ3v) is 6.26. The summed E-state index contributed by atoms with van der Waals surface area (Å²) in [6, 6.07) is -0.478. The van der Waals surface area contributed by atoms with E-state index < -0.39 is 23.4 Å². The number of likely N-dealkylation sites (N-methyl/N-ethyl adjacent to an activating group) is 1. The van der Waals surface area contributed by atoms with Gasteiger partial charge < -0.3 is 20.2 Å². The summed E-state index contributed by atoms with van der Waals surface area (Å²) in [4.78, 5) is 54.4. The maximum Gasteiger partial charge on any atom is 0.270 e. The summed E-state index contributed by atoms with van der Waals surface area (Å²) in [5.41, 5.74) is -0.229. The van der Waals surface area contributed by atoms with Gasteiger partial charge in [0.25, 0.3) is 11.5 Å². The summed E-state index contributed by atoms with van der Waals surface area (Å²) in [6.45, 7) is 4.65. The van der Waals surface area contributed by atoms with E-state index in [1.165, 1.54) is 27.8 Å². The standard InChI is InChI=1S/C24H32N6O5/c1-14(2)13-29-21-15(7-10-18(31)28-11-5-6-17(28)22(33)27(3)4)12-25-30(21)24(35)19(23(29)34)20(32)26-16-8-9-16/h7,10,12,14,16-17,35H,5-6,8-9,11,13H2,1-4H3,(H,26,32). The van der Waals surface area contributed by atoms with Crippen LogP contribution in [0.5, 0.6) is 5.88 Å². The summed E-state index contributed by atoms with van der Waals surface area (Å²) in [7, 11) is 3.33. The van der Waals surface area contributed by atoms with Gasteiger partial charge in [0.15, 0.2) is 5.56 Å². The lowest BCUT2D eigenvalue weighted by Crippen LogP contribution is -2.44. The van der Waals surface area contributed by atoms with Crippen molar-refractivity contribution in [3.8, 4) is 5.88 Å². The molecule has 1 atom stereocenters. The first-order chi connectivity index (χ1) is 16.6. The topological polar surface area (TPSA) is 129 Å². The van der Waals surface area contributed by atoms with Crippen molar-refractivity contribution in [1.82, 2.24) is 29.3 Å². The summed E-state index contributed by atoms with van der Waals surface area (Å²) in [6.07, 6.45) is 7.36. The number of aromatic hydroxyl groups is 1. The van der Waals surface area contributed by atoms with Gasteiger partial charge in [-0.15, -0.1) is 0 Å². The number of nitrogens with zero attached hydrogens (tertiary/aromatic N) is 5. The first-order valence-electron chi connectivity index (χ1n) is 11.9. The van der Waals surface area contributed by atoms with Crippen LogP contribution in [-0.2, 0) is 16.1 Å². The number of likely N-dealkylation sites (tertiary alicyclic amines) is 1. The van der Waals surface area contributed by atoms with Gasteiger partial charge in [0.05, 0.1) is 6.20 Å². The van der Waals surface area contributed by atoms with E-state index in [2.05, 4.69) is 10.4 Å². The minimum absolute atomic E-state index is 0.0199. The number of nitrogens with one attached hydrogen (secondary N) is 1. The van der Waals surface area contributed by atoms with Gasteiger partial charge >= 0.3 is 0 Å². The number of hydrogen-bond acceptors (Lipinski definition) is 6. The Balaban J connectivity index is 1.71. The molecule has 11 nitrogen and oxygen atoms in total. The second kappa shape index (κ2) is 9.55.